The first-order valence-corrected chi connectivity index (χ1v) is 20.2. The maximum absolute atomic E-state index is 12.2. The number of hydrogen-bond acceptors (Lipinski definition) is 19. The first kappa shape index (κ1) is 59.7. The lowest BCUT2D eigenvalue weighted by molar-refractivity contribution is -0.151. The Morgan fingerprint density at radius 1 is 0.469 bits per heavy atom. The minimum Gasteiger partial charge on any atom is -0.482 e. The van der Waals surface area contributed by atoms with E-state index in [0.717, 1.165) is 0 Å². The fraction of sp³-hybridized carbons (Fsp3) is 0.556. The third kappa shape index (κ3) is 23.7. The Morgan fingerprint density at radius 2 is 0.734 bits per heavy atom. The molecule has 0 saturated carbocycles. The summed E-state index contributed by atoms with van der Waals surface area (Å²) in [6.45, 7) is 16.4. The van der Waals surface area contributed by atoms with Crippen LogP contribution in [0.1, 0.15) is 119 Å². The highest BCUT2D eigenvalue weighted by Crippen LogP contribution is 2.40. The number of hydrogen-bond donors (Lipinski definition) is 0. The molecule has 0 amide bonds. The molecule has 0 radical (unpaired) electrons. The highest BCUT2D eigenvalue weighted by atomic mass is 16.6. The molecule has 2 aromatic rings. The lowest BCUT2D eigenvalue weighted by atomic mass is 10.1. The molecule has 19 heteroatoms. The van der Waals surface area contributed by atoms with Gasteiger partial charge in [0.15, 0.2) is 60.2 Å². The quantitative estimate of drug-likeness (QED) is 0.0760. The first-order valence-electron chi connectivity index (χ1n) is 20.2. The van der Waals surface area contributed by atoms with Crippen molar-refractivity contribution in [3.05, 3.63) is 35.4 Å². The number of ether oxygens (including phenoxy) is 11. The molecule has 0 aromatic heterocycles. The average Bonchev–Trinajstić information content (AvgIpc) is 3.23. The molecule has 362 valence electrons. The third-order valence-electron chi connectivity index (χ3n) is 7.00. The Hall–Kier alpha value is -6.40. The molecule has 0 atom stereocenters. The fourth-order valence-electron chi connectivity index (χ4n) is 4.33. The average molecular weight is 914 g/mol. The van der Waals surface area contributed by atoms with Gasteiger partial charge >= 0.3 is 29.8 Å². The molecule has 0 fully saturated rings. The Kier molecular flexibility index (Phi) is 30.1. The topological polar surface area (TPSA) is 238 Å². The molecule has 19 nitrogen and oxygen atoms in total. The second kappa shape index (κ2) is 32.3. The summed E-state index contributed by atoms with van der Waals surface area (Å²) in [5.74, 6) is -4.27. The normalized spacial score (nSPS) is 10.0. The van der Waals surface area contributed by atoms with Gasteiger partial charge < -0.3 is 52.1 Å². The predicted molar refractivity (Wildman–Crippen MR) is 234 cm³/mol. The van der Waals surface area contributed by atoms with Gasteiger partial charge in [0.2, 0.25) is 11.5 Å². The van der Waals surface area contributed by atoms with E-state index in [9.17, 15) is 38.4 Å². The van der Waals surface area contributed by atoms with Crippen LogP contribution in [0.2, 0.25) is 0 Å². The van der Waals surface area contributed by atoms with Gasteiger partial charge in [0.05, 0.1) is 43.7 Å². The van der Waals surface area contributed by atoms with Gasteiger partial charge in [-0.3, -0.25) is 14.4 Å². The molecule has 0 aliphatic carbocycles. The van der Waals surface area contributed by atoms with Crippen molar-refractivity contribution >= 4 is 47.2 Å². The van der Waals surface area contributed by atoms with Gasteiger partial charge in [-0.15, -0.1) is 0 Å². The second-order valence-corrected chi connectivity index (χ2v) is 13.4. The highest BCUT2D eigenvalue weighted by Gasteiger charge is 2.24. The summed E-state index contributed by atoms with van der Waals surface area (Å²) in [6, 6.07) is 5.16. The minimum atomic E-state index is -0.741. The number of esters is 5. The number of methoxy groups -OCH3 is 2. The molecular weight excluding hydrogens is 844 g/mol. The van der Waals surface area contributed by atoms with Crippen LogP contribution in [0.3, 0.4) is 0 Å². The Labute approximate surface area is 377 Å². The number of Topliss-reactive ketones (excluding diaryl/α,β-unsaturated/α-hetero) is 3. The van der Waals surface area contributed by atoms with Gasteiger partial charge in [-0.25, -0.2) is 24.0 Å². The number of rotatable bonds is 25. The summed E-state index contributed by atoms with van der Waals surface area (Å²) in [4.78, 5) is 94.5. The van der Waals surface area contributed by atoms with Crippen molar-refractivity contribution < 1.29 is 91.9 Å². The number of benzene rings is 2. The molecule has 0 bridgehead atoms. The van der Waals surface area contributed by atoms with E-state index in [1.165, 1.54) is 45.4 Å². The van der Waals surface area contributed by atoms with E-state index in [4.69, 9.17) is 52.1 Å². The molecule has 64 heavy (non-hydrogen) atoms. The smallest absolute Gasteiger partial charge is 0.344 e. The summed E-state index contributed by atoms with van der Waals surface area (Å²) in [7, 11) is 2.39. The van der Waals surface area contributed by atoms with Crippen LogP contribution in [0.4, 0.5) is 0 Å². The minimum absolute atomic E-state index is 0. The first-order chi connectivity index (χ1) is 29.7. The molecule has 0 unspecified atom stereocenters. The van der Waals surface area contributed by atoms with Crippen LogP contribution in [-0.4, -0.2) is 119 Å². The summed E-state index contributed by atoms with van der Waals surface area (Å²) < 4.78 is 57.5. The van der Waals surface area contributed by atoms with Crippen LogP contribution in [0.25, 0.3) is 0 Å². The number of ketones is 3. The Balaban J connectivity index is -0.00000113. The lowest BCUT2D eigenvalue weighted by Gasteiger charge is -2.18. The van der Waals surface area contributed by atoms with Gasteiger partial charge in [0.1, 0.15) is 19.8 Å². The van der Waals surface area contributed by atoms with E-state index in [2.05, 4.69) is 0 Å². The van der Waals surface area contributed by atoms with Crippen LogP contribution in [0, 0.1) is 0 Å². The fourth-order valence-corrected chi connectivity index (χ4v) is 4.33. The van der Waals surface area contributed by atoms with Gasteiger partial charge in [0.25, 0.3) is 0 Å². The van der Waals surface area contributed by atoms with Crippen molar-refractivity contribution in [3.8, 4) is 34.5 Å². The second-order valence-electron chi connectivity index (χ2n) is 13.4. The van der Waals surface area contributed by atoms with Gasteiger partial charge in [-0.2, -0.15) is 0 Å². The third-order valence-corrected chi connectivity index (χ3v) is 7.00. The van der Waals surface area contributed by atoms with Crippen LogP contribution in [0.15, 0.2) is 24.3 Å². The van der Waals surface area contributed by atoms with Crippen molar-refractivity contribution in [2.45, 2.75) is 115 Å². The van der Waals surface area contributed by atoms with Crippen molar-refractivity contribution in [2.75, 3.05) is 53.9 Å². The van der Waals surface area contributed by atoms with Gasteiger partial charge in [-0.05, 0) is 72.7 Å². The highest BCUT2D eigenvalue weighted by molar-refractivity contribution is 5.92. The van der Waals surface area contributed by atoms with Crippen molar-refractivity contribution in [1.29, 1.82) is 0 Å². The van der Waals surface area contributed by atoms with Crippen LogP contribution in [0.5, 0.6) is 34.5 Å². The number of carbonyl (C=O) groups is 8. The maximum Gasteiger partial charge on any atom is 0.344 e. The zero-order valence-corrected chi connectivity index (χ0v) is 38.5. The molecule has 0 aliphatic heterocycles. The Morgan fingerprint density at radius 3 is 0.984 bits per heavy atom. The largest absolute Gasteiger partial charge is 0.482 e. The molecule has 0 N–H and O–H groups in total. The van der Waals surface area contributed by atoms with Crippen LogP contribution >= 0.6 is 0 Å². The molecule has 0 aliphatic rings. The predicted octanol–water partition coefficient (Wildman–Crippen LogP) is 6.53. The molecule has 0 saturated heterocycles. The van der Waals surface area contributed by atoms with Crippen LogP contribution < -0.4 is 28.4 Å². The SMILES string of the molecule is C.CC.CCC(=O)COc1cc(C(=O)OC)cc(OCC(=O)CC)c1OCC(C)=O.COC(=O)c1cc(OCC(=O)OC(C)C)c(OCC(=O)OC(C)C)c(OCC(=O)OC(C)C)c1.[2HH]. The summed E-state index contributed by atoms with van der Waals surface area (Å²) in [5, 5.41) is 0. The summed E-state index contributed by atoms with van der Waals surface area (Å²) >= 11 is 0. The van der Waals surface area contributed by atoms with E-state index in [-0.39, 0.29) is 123 Å². The van der Waals surface area contributed by atoms with E-state index < -0.39 is 49.7 Å². The molecular formula is C45H68O19. The van der Waals surface area contributed by atoms with Gasteiger partial charge in [0, 0.05) is 14.3 Å². The van der Waals surface area contributed by atoms with E-state index in [1.54, 1.807) is 55.4 Å². The summed E-state index contributed by atoms with van der Waals surface area (Å²) in [6.07, 6.45) is -0.570. The van der Waals surface area contributed by atoms with Gasteiger partial charge in [-0.1, -0.05) is 35.1 Å². The zero-order valence-electron chi connectivity index (χ0n) is 38.5. The Bertz CT molecular complexity index is 1750. The van der Waals surface area contributed by atoms with Crippen LogP contribution in [-0.2, 0) is 52.5 Å². The van der Waals surface area contributed by atoms with Crippen molar-refractivity contribution in [1.82, 2.24) is 0 Å². The van der Waals surface area contributed by atoms with E-state index >= 15 is 0 Å². The zero-order chi connectivity index (χ0) is 48.2. The van der Waals surface area contributed by atoms with Crippen molar-refractivity contribution in [2.24, 2.45) is 0 Å². The number of carbonyl (C=O) groups excluding carboxylic acids is 8. The molecule has 0 heterocycles. The molecule has 2 rings (SSSR count). The lowest BCUT2D eigenvalue weighted by Crippen LogP contribution is -2.22. The van der Waals surface area contributed by atoms with Crippen molar-refractivity contribution in [3.63, 3.8) is 0 Å². The monoisotopic (exact) mass is 913 g/mol. The molecule has 0 spiro atoms. The van der Waals surface area contributed by atoms with E-state index in [1.807, 2.05) is 13.8 Å². The maximum atomic E-state index is 12.2. The summed E-state index contributed by atoms with van der Waals surface area (Å²) in [5.41, 5.74) is 0.0737. The van der Waals surface area contributed by atoms with E-state index in [0.29, 0.717) is 0 Å². The standard InChI is InChI=1S/C23H32O11.C19H24O8.C2H6.CH4.H2/c1-13(2)32-19(24)10-29-17-8-16(23(27)28-7)9-18(30-11-20(25)33-14(3)4)22(17)31-12-21(26)34-15(5)6;1-5-14(21)10-25-16-7-13(19(23)24-4)8-17(26-11-15(22)6-2)18(16)27-9-12(3)20;1-2;;/h8-9,13-15H,10-12H2,1-7H3;7-8H,5-6,9-11H2,1-4H3;1-2H3;1H4;1H/i;;;;1+1. The molecule has 2 aromatic carbocycles.